The molecular formula is C31H26N8O7S. The average molecular weight is 655 g/mol. The summed E-state index contributed by atoms with van der Waals surface area (Å²) >= 11 is 0. The minimum Gasteiger partial charge on any atom is -0.495 e. The Hall–Kier alpha value is -6.16. The number of benzene rings is 3. The molecule has 3 heterocycles. The van der Waals surface area contributed by atoms with E-state index in [4.69, 9.17) is 9.72 Å². The molecule has 0 aliphatic carbocycles. The highest BCUT2D eigenvalue weighted by Gasteiger charge is 2.33. The molecule has 6 rings (SSSR count). The van der Waals surface area contributed by atoms with E-state index in [0.717, 1.165) is 6.07 Å². The molecule has 0 spiro atoms. The number of aromatic hydroxyl groups is 1. The van der Waals surface area contributed by atoms with Crippen LogP contribution in [-0.4, -0.2) is 62.0 Å². The van der Waals surface area contributed by atoms with Crippen LogP contribution in [0.25, 0.3) is 27.6 Å². The molecule has 16 heteroatoms. The lowest BCUT2D eigenvalue weighted by atomic mass is 10.1. The molecule has 0 bridgehead atoms. The van der Waals surface area contributed by atoms with E-state index in [2.05, 4.69) is 20.6 Å². The van der Waals surface area contributed by atoms with Crippen molar-refractivity contribution in [2.45, 2.75) is 24.3 Å². The number of fused-ring (bicyclic) bond motifs is 2. The summed E-state index contributed by atoms with van der Waals surface area (Å²) in [6, 6.07) is 18.3. The van der Waals surface area contributed by atoms with Gasteiger partial charge in [0.05, 0.1) is 39.8 Å². The number of amides is 2. The van der Waals surface area contributed by atoms with Crippen LogP contribution in [0, 0.1) is 0 Å². The SMILES string of the molecule is CCC(=O)NS(=O)(=O)c1ccc(OC)c(NC(=O)C(c2nc3ccccc3c(=O)n2-c2ccnc(O)c2)n2nnc3ccccc32)c1. The number of nitrogens with zero attached hydrogens (tertiary/aromatic N) is 6. The minimum atomic E-state index is -4.30. The van der Waals surface area contributed by atoms with Crippen molar-refractivity contribution in [1.82, 2.24) is 34.3 Å². The normalized spacial score (nSPS) is 12.1. The van der Waals surface area contributed by atoms with Crippen LogP contribution in [0.3, 0.4) is 0 Å². The van der Waals surface area contributed by atoms with Crippen molar-refractivity contribution in [1.29, 1.82) is 0 Å². The van der Waals surface area contributed by atoms with Crippen LogP contribution < -0.4 is 20.3 Å². The van der Waals surface area contributed by atoms with Gasteiger partial charge >= 0.3 is 0 Å². The number of para-hydroxylation sites is 2. The summed E-state index contributed by atoms with van der Waals surface area (Å²) in [5.41, 5.74) is 0.700. The fraction of sp³-hybridized carbons (Fsp3) is 0.129. The van der Waals surface area contributed by atoms with Gasteiger partial charge in [-0.25, -0.2) is 27.8 Å². The molecule has 47 heavy (non-hydrogen) atoms. The molecule has 0 radical (unpaired) electrons. The van der Waals surface area contributed by atoms with Crippen LogP contribution in [0.15, 0.2) is 94.7 Å². The Morgan fingerprint density at radius 3 is 2.49 bits per heavy atom. The lowest BCUT2D eigenvalue weighted by Crippen LogP contribution is -2.35. The molecule has 1 atom stereocenters. The molecule has 0 fully saturated rings. The molecule has 15 nitrogen and oxygen atoms in total. The molecule has 3 aromatic heterocycles. The number of sulfonamides is 1. The van der Waals surface area contributed by atoms with E-state index in [-0.39, 0.29) is 51.0 Å². The lowest BCUT2D eigenvalue weighted by molar-refractivity contribution is -0.119. The third-order valence-corrected chi connectivity index (χ3v) is 8.58. The maximum Gasteiger partial charge on any atom is 0.266 e. The Bertz CT molecular complexity index is 2350. The van der Waals surface area contributed by atoms with Gasteiger partial charge in [-0.15, -0.1) is 5.10 Å². The first-order valence-electron chi connectivity index (χ1n) is 14.1. The molecule has 0 saturated heterocycles. The number of hydrogen-bond donors (Lipinski definition) is 3. The Morgan fingerprint density at radius 1 is 1.00 bits per heavy atom. The Balaban J connectivity index is 1.58. The standard InChI is InChI=1S/C31H26N8O7S/c1-3-26(40)36-47(44,45)19-12-13-25(46-2)23(17-19)34-30(42)28(39-24-11-7-6-10-22(24)35-37-39)29-33-21-9-5-4-8-20(21)31(43)38(29)18-14-15-32-27(41)16-18/h4-17,28H,3H2,1-2H3,(H,32,41)(H,34,42)(H,36,40). The van der Waals surface area contributed by atoms with Gasteiger partial charge in [-0.05, 0) is 48.5 Å². The zero-order valence-electron chi connectivity index (χ0n) is 24.9. The van der Waals surface area contributed by atoms with Gasteiger partial charge in [0.25, 0.3) is 21.5 Å². The largest absolute Gasteiger partial charge is 0.495 e. The second-order valence-electron chi connectivity index (χ2n) is 10.2. The van der Waals surface area contributed by atoms with Crippen LogP contribution >= 0.6 is 0 Å². The number of carbonyl (C=O) groups excluding carboxylic acids is 2. The fourth-order valence-corrected chi connectivity index (χ4v) is 6.06. The molecule has 3 aromatic carbocycles. The highest BCUT2D eigenvalue weighted by atomic mass is 32.2. The molecule has 0 aliphatic rings. The van der Waals surface area contributed by atoms with E-state index >= 15 is 0 Å². The van der Waals surface area contributed by atoms with Gasteiger partial charge in [-0.3, -0.25) is 19.0 Å². The topological polar surface area (TPSA) is 200 Å². The van der Waals surface area contributed by atoms with E-state index < -0.39 is 33.4 Å². The summed E-state index contributed by atoms with van der Waals surface area (Å²) < 4.78 is 35.7. The van der Waals surface area contributed by atoms with E-state index in [1.165, 1.54) is 53.7 Å². The highest BCUT2D eigenvalue weighted by molar-refractivity contribution is 7.90. The summed E-state index contributed by atoms with van der Waals surface area (Å²) in [5.74, 6) is -1.90. The monoisotopic (exact) mass is 654 g/mol. The predicted octanol–water partition coefficient (Wildman–Crippen LogP) is 2.68. The molecule has 2 amide bonds. The number of carbonyl (C=O) groups is 2. The van der Waals surface area contributed by atoms with Gasteiger partial charge in [0.15, 0.2) is 11.9 Å². The second kappa shape index (κ2) is 12.3. The van der Waals surface area contributed by atoms with E-state index in [1.807, 2.05) is 4.72 Å². The van der Waals surface area contributed by atoms with Crippen molar-refractivity contribution < 1.29 is 27.9 Å². The van der Waals surface area contributed by atoms with Gasteiger partial charge in [0.2, 0.25) is 11.8 Å². The number of anilines is 1. The Morgan fingerprint density at radius 2 is 1.74 bits per heavy atom. The van der Waals surface area contributed by atoms with Gasteiger partial charge in [-0.2, -0.15) is 0 Å². The van der Waals surface area contributed by atoms with Gasteiger partial charge in [0, 0.05) is 18.7 Å². The van der Waals surface area contributed by atoms with Gasteiger partial charge < -0.3 is 15.2 Å². The summed E-state index contributed by atoms with van der Waals surface area (Å²) in [6.07, 6.45) is 1.23. The number of pyridine rings is 1. The van der Waals surface area contributed by atoms with Crippen molar-refractivity contribution >= 4 is 49.5 Å². The maximum absolute atomic E-state index is 14.5. The number of methoxy groups -OCH3 is 1. The second-order valence-corrected chi connectivity index (χ2v) is 11.8. The van der Waals surface area contributed by atoms with Crippen molar-refractivity contribution in [3.8, 4) is 17.3 Å². The number of aromatic nitrogens is 6. The average Bonchev–Trinajstić information content (AvgIpc) is 3.48. The third-order valence-electron chi connectivity index (χ3n) is 7.21. The van der Waals surface area contributed by atoms with Crippen LogP contribution in [0.2, 0.25) is 0 Å². The minimum absolute atomic E-state index is 0.0602. The van der Waals surface area contributed by atoms with E-state index in [1.54, 1.807) is 48.5 Å². The molecule has 6 aromatic rings. The fourth-order valence-electron chi connectivity index (χ4n) is 4.98. The smallest absolute Gasteiger partial charge is 0.266 e. The van der Waals surface area contributed by atoms with Crippen LogP contribution in [0.4, 0.5) is 5.69 Å². The molecular weight excluding hydrogens is 628 g/mol. The molecule has 1 unspecified atom stereocenters. The van der Waals surface area contributed by atoms with Crippen molar-refractivity contribution in [3.05, 3.63) is 101 Å². The molecule has 0 saturated carbocycles. The number of hydrogen-bond acceptors (Lipinski definition) is 11. The van der Waals surface area contributed by atoms with Crippen molar-refractivity contribution in [3.63, 3.8) is 0 Å². The number of ether oxygens (including phenoxy) is 1. The summed E-state index contributed by atoms with van der Waals surface area (Å²) in [5, 5.41) is 21.6. The molecule has 0 aliphatic heterocycles. The van der Waals surface area contributed by atoms with Crippen molar-refractivity contribution in [2.75, 3.05) is 12.4 Å². The van der Waals surface area contributed by atoms with Crippen molar-refractivity contribution in [2.24, 2.45) is 0 Å². The maximum atomic E-state index is 14.5. The third kappa shape index (κ3) is 5.84. The van der Waals surface area contributed by atoms with Gasteiger partial charge in [-0.1, -0.05) is 36.4 Å². The highest BCUT2D eigenvalue weighted by Crippen LogP contribution is 2.31. The van der Waals surface area contributed by atoms with Crippen LogP contribution in [0.1, 0.15) is 25.2 Å². The lowest BCUT2D eigenvalue weighted by Gasteiger charge is -2.22. The Labute approximate surface area is 266 Å². The first-order valence-corrected chi connectivity index (χ1v) is 15.6. The zero-order chi connectivity index (χ0) is 33.3. The first kappa shape index (κ1) is 30.8. The molecule has 238 valence electrons. The molecule has 3 N–H and O–H groups in total. The number of nitrogens with one attached hydrogen (secondary N) is 2. The number of rotatable bonds is 9. The van der Waals surface area contributed by atoms with Crippen LogP contribution in [-0.2, 0) is 19.6 Å². The quantitative estimate of drug-likeness (QED) is 0.207. The zero-order valence-corrected chi connectivity index (χ0v) is 25.7. The Kier molecular flexibility index (Phi) is 8.09. The summed E-state index contributed by atoms with van der Waals surface area (Å²) in [7, 11) is -2.97. The predicted molar refractivity (Wildman–Crippen MR) is 170 cm³/mol. The van der Waals surface area contributed by atoms with E-state index in [0.29, 0.717) is 11.0 Å². The summed E-state index contributed by atoms with van der Waals surface area (Å²) in [4.78, 5) is 48.7. The van der Waals surface area contributed by atoms with Crippen LogP contribution in [0.5, 0.6) is 11.6 Å². The van der Waals surface area contributed by atoms with E-state index in [9.17, 15) is 27.9 Å². The summed E-state index contributed by atoms with van der Waals surface area (Å²) in [6.45, 7) is 1.51. The van der Waals surface area contributed by atoms with Gasteiger partial charge in [0.1, 0.15) is 11.3 Å². The first-order chi connectivity index (χ1) is 22.6.